The van der Waals surface area contributed by atoms with E-state index in [1.165, 1.54) is 30.8 Å². The van der Waals surface area contributed by atoms with Crippen LogP contribution < -0.4 is 15.8 Å². The Morgan fingerprint density at radius 2 is 1.84 bits per heavy atom. The zero-order valence-electron chi connectivity index (χ0n) is 22.6. The number of likely N-dealkylation sites (tertiary alicyclic amines) is 2. The highest BCUT2D eigenvalue weighted by Gasteiger charge is 2.53. The van der Waals surface area contributed by atoms with Gasteiger partial charge in [-0.2, -0.15) is 0 Å². The molecule has 2 saturated heterocycles. The molecule has 2 aliphatic heterocycles. The SMILES string of the molecule is COc1cccc(C[C@@]2(C(=O)N[C@H](C(N)=O)[C@@H](C)O)CCCN2C(=O)[C@@H]2CCCN2C(=O)[C@@H](C)[C@@H](C)O)c1. The van der Waals surface area contributed by atoms with E-state index in [0.29, 0.717) is 38.0 Å². The molecule has 2 aliphatic rings. The summed E-state index contributed by atoms with van der Waals surface area (Å²) in [6.45, 7) is 5.20. The molecule has 11 heteroatoms. The fraction of sp³-hybridized carbons (Fsp3) is 0.630. The molecule has 2 heterocycles. The number of amides is 4. The molecule has 0 aliphatic carbocycles. The summed E-state index contributed by atoms with van der Waals surface area (Å²) in [6, 6.07) is 5.08. The molecule has 2 fully saturated rings. The van der Waals surface area contributed by atoms with Crippen LogP contribution >= 0.6 is 0 Å². The number of hydrogen-bond acceptors (Lipinski definition) is 7. The number of ether oxygens (including phenoxy) is 1. The van der Waals surface area contributed by atoms with E-state index < -0.39 is 47.6 Å². The van der Waals surface area contributed by atoms with Gasteiger partial charge in [0.1, 0.15) is 23.4 Å². The number of aliphatic hydroxyl groups is 2. The second kappa shape index (κ2) is 12.1. The van der Waals surface area contributed by atoms with Crippen LogP contribution in [-0.4, -0.2) is 93.7 Å². The first-order valence-electron chi connectivity index (χ1n) is 13.1. The van der Waals surface area contributed by atoms with E-state index in [1.54, 1.807) is 25.1 Å². The highest BCUT2D eigenvalue weighted by molar-refractivity contribution is 5.97. The summed E-state index contributed by atoms with van der Waals surface area (Å²) in [7, 11) is 1.53. The molecule has 1 aromatic carbocycles. The molecule has 0 unspecified atom stereocenters. The van der Waals surface area contributed by atoms with Crippen LogP contribution in [0.15, 0.2) is 24.3 Å². The third-order valence-corrected chi connectivity index (χ3v) is 7.82. The van der Waals surface area contributed by atoms with E-state index in [1.807, 2.05) is 6.07 Å². The standard InChI is InChI=1S/C27H40N4O7/c1-16(17(2)32)24(35)30-12-6-10-21(30)25(36)31-13-7-11-27(31,15-19-8-5-9-20(14-19)38-4)26(37)29-22(18(3)33)23(28)34/h5,8-9,14,16-18,21-22,32-33H,6-7,10-13,15H2,1-4H3,(H2,28,34)(H,29,37)/t16-,17+,18+,21-,22-,27+/m0/s1. The summed E-state index contributed by atoms with van der Waals surface area (Å²) in [5.41, 5.74) is 4.81. The summed E-state index contributed by atoms with van der Waals surface area (Å²) >= 11 is 0. The smallest absolute Gasteiger partial charge is 0.247 e. The normalized spacial score (nSPS) is 24.4. The van der Waals surface area contributed by atoms with Crippen molar-refractivity contribution in [2.24, 2.45) is 11.7 Å². The summed E-state index contributed by atoms with van der Waals surface area (Å²) in [5, 5.41) is 22.6. The van der Waals surface area contributed by atoms with E-state index in [9.17, 15) is 29.4 Å². The number of nitrogens with one attached hydrogen (secondary N) is 1. The summed E-state index contributed by atoms with van der Waals surface area (Å²) in [5.74, 6) is -2.22. The number of aliphatic hydroxyl groups excluding tert-OH is 2. The van der Waals surface area contributed by atoms with Gasteiger partial charge in [-0.1, -0.05) is 19.1 Å². The van der Waals surface area contributed by atoms with Gasteiger partial charge in [0.05, 0.1) is 25.2 Å². The van der Waals surface area contributed by atoms with Crippen LogP contribution in [0, 0.1) is 5.92 Å². The van der Waals surface area contributed by atoms with Crippen molar-refractivity contribution >= 4 is 23.6 Å². The van der Waals surface area contributed by atoms with Gasteiger partial charge in [-0.3, -0.25) is 19.2 Å². The van der Waals surface area contributed by atoms with Gasteiger partial charge in [0.2, 0.25) is 23.6 Å². The lowest BCUT2D eigenvalue weighted by atomic mass is 9.86. The number of methoxy groups -OCH3 is 1. The minimum Gasteiger partial charge on any atom is -0.497 e. The first-order valence-corrected chi connectivity index (χ1v) is 13.1. The lowest BCUT2D eigenvalue weighted by Gasteiger charge is -2.41. The Morgan fingerprint density at radius 3 is 2.45 bits per heavy atom. The molecule has 11 nitrogen and oxygen atoms in total. The monoisotopic (exact) mass is 532 g/mol. The number of primary amides is 1. The van der Waals surface area contributed by atoms with E-state index in [-0.39, 0.29) is 24.8 Å². The highest BCUT2D eigenvalue weighted by atomic mass is 16.5. The molecule has 0 aromatic heterocycles. The molecule has 5 N–H and O–H groups in total. The number of rotatable bonds is 10. The molecule has 38 heavy (non-hydrogen) atoms. The van der Waals surface area contributed by atoms with Crippen LogP contribution in [0.4, 0.5) is 0 Å². The van der Waals surface area contributed by atoms with E-state index in [0.717, 1.165) is 5.56 Å². The molecule has 1 aromatic rings. The minimum atomic E-state index is -1.38. The van der Waals surface area contributed by atoms with Gasteiger partial charge in [0.15, 0.2) is 0 Å². The quantitative estimate of drug-likeness (QED) is 0.328. The van der Waals surface area contributed by atoms with Gasteiger partial charge in [-0.15, -0.1) is 0 Å². The molecule has 0 bridgehead atoms. The summed E-state index contributed by atoms with van der Waals surface area (Å²) in [4.78, 5) is 56.1. The number of carbonyl (C=O) groups is 4. The van der Waals surface area contributed by atoms with Gasteiger partial charge >= 0.3 is 0 Å². The Balaban J connectivity index is 1.99. The number of nitrogens with zero attached hydrogens (tertiary/aromatic N) is 2. The zero-order valence-corrected chi connectivity index (χ0v) is 22.6. The summed E-state index contributed by atoms with van der Waals surface area (Å²) < 4.78 is 5.34. The Kier molecular flexibility index (Phi) is 9.37. The van der Waals surface area contributed by atoms with Crippen molar-refractivity contribution in [3.63, 3.8) is 0 Å². The topological polar surface area (TPSA) is 162 Å². The van der Waals surface area contributed by atoms with Crippen molar-refractivity contribution in [2.75, 3.05) is 20.2 Å². The molecule has 0 spiro atoms. The molecule has 3 rings (SSSR count). The number of hydrogen-bond donors (Lipinski definition) is 4. The molecule has 0 saturated carbocycles. The van der Waals surface area contributed by atoms with E-state index >= 15 is 0 Å². The first kappa shape index (κ1) is 29.4. The van der Waals surface area contributed by atoms with Gasteiger partial charge in [0.25, 0.3) is 0 Å². The fourth-order valence-corrected chi connectivity index (χ4v) is 5.46. The van der Waals surface area contributed by atoms with Crippen LogP contribution in [0.3, 0.4) is 0 Å². The fourth-order valence-electron chi connectivity index (χ4n) is 5.46. The Labute approximate surface area is 223 Å². The van der Waals surface area contributed by atoms with Crippen molar-refractivity contribution in [1.82, 2.24) is 15.1 Å². The first-order chi connectivity index (χ1) is 17.9. The maximum Gasteiger partial charge on any atom is 0.247 e. The maximum absolute atomic E-state index is 14.1. The molecule has 0 radical (unpaired) electrons. The van der Waals surface area contributed by atoms with E-state index in [2.05, 4.69) is 5.32 Å². The van der Waals surface area contributed by atoms with Gasteiger partial charge in [0, 0.05) is 19.5 Å². The predicted octanol–water partition coefficient (Wildman–Crippen LogP) is -0.0423. The predicted molar refractivity (Wildman–Crippen MR) is 139 cm³/mol. The average Bonchev–Trinajstić information content (AvgIpc) is 3.53. The zero-order chi connectivity index (χ0) is 28.2. The Bertz CT molecular complexity index is 1050. The molecular formula is C27H40N4O7. The lowest BCUT2D eigenvalue weighted by Crippen LogP contribution is -2.65. The number of benzene rings is 1. The van der Waals surface area contributed by atoms with E-state index in [4.69, 9.17) is 10.5 Å². The average molecular weight is 533 g/mol. The van der Waals surface area contributed by atoms with Crippen molar-refractivity contribution in [2.45, 2.75) is 82.7 Å². The van der Waals surface area contributed by atoms with Crippen LogP contribution in [0.5, 0.6) is 5.75 Å². The van der Waals surface area contributed by atoms with Crippen molar-refractivity contribution in [1.29, 1.82) is 0 Å². The van der Waals surface area contributed by atoms with Gasteiger partial charge in [-0.25, -0.2) is 0 Å². The highest BCUT2D eigenvalue weighted by Crippen LogP contribution is 2.36. The lowest BCUT2D eigenvalue weighted by molar-refractivity contribution is -0.153. The van der Waals surface area contributed by atoms with Gasteiger partial charge in [-0.05, 0) is 57.2 Å². The Morgan fingerprint density at radius 1 is 1.13 bits per heavy atom. The van der Waals surface area contributed by atoms with Crippen molar-refractivity contribution < 1.29 is 34.1 Å². The Hall–Kier alpha value is -3.18. The third-order valence-electron chi connectivity index (χ3n) is 7.82. The number of carbonyl (C=O) groups excluding carboxylic acids is 4. The molecule has 210 valence electrons. The minimum absolute atomic E-state index is 0.137. The van der Waals surface area contributed by atoms with Crippen molar-refractivity contribution in [3.8, 4) is 5.75 Å². The van der Waals surface area contributed by atoms with Crippen LogP contribution in [0.2, 0.25) is 0 Å². The molecule has 6 atom stereocenters. The second-order valence-electron chi connectivity index (χ2n) is 10.5. The third kappa shape index (κ3) is 5.94. The maximum atomic E-state index is 14.1. The van der Waals surface area contributed by atoms with Crippen molar-refractivity contribution in [3.05, 3.63) is 29.8 Å². The van der Waals surface area contributed by atoms with Crippen LogP contribution in [-0.2, 0) is 25.6 Å². The summed E-state index contributed by atoms with van der Waals surface area (Å²) in [6.07, 6.45) is -0.0410. The second-order valence-corrected chi connectivity index (χ2v) is 10.5. The van der Waals surface area contributed by atoms with Gasteiger partial charge < -0.3 is 35.8 Å². The molecule has 4 amide bonds. The largest absolute Gasteiger partial charge is 0.497 e. The van der Waals surface area contributed by atoms with Crippen LogP contribution in [0.25, 0.3) is 0 Å². The number of nitrogens with two attached hydrogens (primary N) is 1. The molecular weight excluding hydrogens is 492 g/mol. The van der Waals surface area contributed by atoms with Crippen LogP contribution in [0.1, 0.15) is 52.0 Å².